The minimum atomic E-state index is -0.660. The van der Waals surface area contributed by atoms with Gasteiger partial charge in [0.15, 0.2) is 0 Å². The highest BCUT2D eigenvalue weighted by Crippen LogP contribution is 2.52. The van der Waals surface area contributed by atoms with E-state index in [9.17, 15) is 9.59 Å². The summed E-state index contributed by atoms with van der Waals surface area (Å²) in [6, 6.07) is 9.88. The average Bonchev–Trinajstić information content (AvgIpc) is 3.22. The molecule has 1 spiro atoms. The van der Waals surface area contributed by atoms with Gasteiger partial charge >= 0.3 is 5.97 Å². The van der Waals surface area contributed by atoms with Crippen LogP contribution in [0.3, 0.4) is 0 Å². The third-order valence-corrected chi connectivity index (χ3v) is 5.12. The Morgan fingerprint density at radius 2 is 2.17 bits per heavy atom. The van der Waals surface area contributed by atoms with E-state index < -0.39 is 17.4 Å². The highest BCUT2D eigenvalue weighted by Gasteiger charge is 2.67. The number of amides is 1. The Labute approximate surface area is 141 Å². The van der Waals surface area contributed by atoms with Gasteiger partial charge in [0.1, 0.15) is 11.5 Å². The number of rotatable bonds is 5. The van der Waals surface area contributed by atoms with Crippen LogP contribution < -0.4 is 0 Å². The van der Waals surface area contributed by atoms with Crippen LogP contribution in [0, 0.1) is 11.8 Å². The van der Waals surface area contributed by atoms with Crippen molar-refractivity contribution in [3.05, 3.63) is 48.0 Å². The second kappa shape index (κ2) is 5.74. The van der Waals surface area contributed by atoms with Crippen LogP contribution in [0.15, 0.2) is 42.5 Å². The lowest BCUT2D eigenvalue weighted by molar-refractivity contribution is -0.153. The zero-order valence-electron chi connectivity index (χ0n) is 13.7. The van der Waals surface area contributed by atoms with Gasteiger partial charge in [-0.25, -0.2) is 0 Å². The molecule has 0 N–H and O–H groups in total. The standard InChI is InChI=1S/C19H21NO4/c1-2-10-23-18(22)15-14-8-9-19(24-14)12-20(17(21)16(15)19)11-13-6-4-3-5-7-13/h3-9,14-16H,2,10-12H2,1H3/t14-,15+,16-,19+/m1/s1. The Morgan fingerprint density at radius 3 is 2.92 bits per heavy atom. The topological polar surface area (TPSA) is 55.8 Å². The van der Waals surface area contributed by atoms with Gasteiger partial charge in [-0.05, 0) is 12.0 Å². The van der Waals surface area contributed by atoms with Crippen molar-refractivity contribution in [1.29, 1.82) is 0 Å². The van der Waals surface area contributed by atoms with E-state index in [1.807, 2.05) is 49.4 Å². The second-order valence-corrected chi connectivity index (χ2v) is 6.75. The summed E-state index contributed by atoms with van der Waals surface area (Å²) in [5.41, 5.74) is 0.415. The molecular formula is C19H21NO4. The number of hydrogen-bond donors (Lipinski definition) is 0. The molecule has 126 valence electrons. The maximum Gasteiger partial charge on any atom is 0.312 e. The Morgan fingerprint density at radius 1 is 1.38 bits per heavy atom. The summed E-state index contributed by atoms with van der Waals surface area (Å²) in [7, 11) is 0. The molecule has 1 aromatic carbocycles. The van der Waals surface area contributed by atoms with Crippen molar-refractivity contribution >= 4 is 11.9 Å². The zero-order valence-corrected chi connectivity index (χ0v) is 13.7. The molecule has 0 aliphatic carbocycles. The number of carbonyl (C=O) groups is 2. The van der Waals surface area contributed by atoms with E-state index in [2.05, 4.69) is 0 Å². The lowest BCUT2D eigenvalue weighted by Crippen LogP contribution is -2.40. The van der Waals surface area contributed by atoms with E-state index in [0.717, 1.165) is 12.0 Å². The van der Waals surface area contributed by atoms with Crippen LogP contribution in [0.1, 0.15) is 18.9 Å². The number of carbonyl (C=O) groups excluding carboxylic acids is 2. The third kappa shape index (κ3) is 2.26. The highest BCUT2D eigenvalue weighted by molar-refractivity contribution is 5.91. The molecule has 0 radical (unpaired) electrons. The van der Waals surface area contributed by atoms with E-state index in [0.29, 0.717) is 19.7 Å². The number of esters is 1. The molecule has 1 amide bonds. The molecule has 4 rings (SSSR count). The number of hydrogen-bond acceptors (Lipinski definition) is 4. The quantitative estimate of drug-likeness (QED) is 0.612. The van der Waals surface area contributed by atoms with Crippen molar-refractivity contribution in [2.75, 3.05) is 13.2 Å². The van der Waals surface area contributed by atoms with Crippen LogP contribution in [0.25, 0.3) is 0 Å². The number of fused-ring (bicyclic) bond motifs is 1. The van der Waals surface area contributed by atoms with Gasteiger partial charge in [-0.15, -0.1) is 0 Å². The van der Waals surface area contributed by atoms with E-state index >= 15 is 0 Å². The van der Waals surface area contributed by atoms with Crippen LogP contribution in [0.2, 0.25) is 0 Å². The molecule has 24 heavy (non-hydrogen) atoms. The zero-order chi connectivity index (χ0) is 16.7. The van der Waals surface area contributed by atoms with Gasteiger partial charge in [-0.3, -0.25) is 9.59 Å². The van der Waals surface area contributed by atoms with E-state index in [1.165, 1.54) is 0 Å². The molecule has 5 nitrogen and oxygen atoms in total. The van der Waals surface area contributed by atoms with Crippen molar-refractivity contribution in [3.8, 4) is 0 Å². The predicted octanol–water partition coefficient (Wildman–Crippen LogP) is 1.92. The van der Waals surface area contributed by atoms with Crippen LogP contribution in [-0.2, 0) is 25.6 Å². The summed E-state index contributed by atoms with van der Waals surface area (Å²) in [6.07, 6.45) is 4.31. The van der Waals surface area contributed by atoms with E-state index in [1.54, 1.807) is 4.90 Å². The van der Waals surface area contributed by atoms with Gasteiger partial charge in [0.2, 0.25) is 5.91 Å². The van der Waals surface area contributed by atoms with Gasteiger partial charge in [0, 0.05) is 6.54 Å². The normalized spacial score (nSPS) is 33.1. The molecule has 3 aliphatic rings. The van der Waals surface area contributed by atoms with Crippen molar-refractivity contribution in [3.63, 3.8) is 0 Å². The van der Waals surface area contributed by atoms with Crippen LogP contribution in [0.5, 0.6) is 0 Å². The predicted molar refractivity (Wildman–Crippen MR) is 86.8 cm³/mol. The van der Waals surface area contributed by atoms with Crippen molar-refractivity contribution in [1.82, 2.24) is 4.90 Å². The molecule has 5 heteroatoms. The van der Waals surface area contributed by atoms with Crippen molar-refractivity contribution < 1.29 is 19.1 Å². The largest absolute Gasteiger partial charge is 0.465 e. The number of benzene rings is 1. The van der Waals surface area contributed by atoms with Crippen molar-refractivity contribution in [2.24, 2.45) is 11.8 Å². The maximum absolute atomic E-state index is 13.0. The lowest BCUT2D eigenvalue weighted by atomic mass is 9.77. The molecule has 0 aromatic heterocycles. The Balaban J connectivity index is 1.56. The van der Waals surface area contributed by atoms with E-state index in [4.69, 9.17) is 9.47 Å². The van der Waals surface area contributed by atoms with Crippen LogP contribution >= 0.6 is 0 Å². The van der Waals surface area contributed by atoms with Gasteiger partial charge in [-0.2, -0.15) is 0 Å². The van der Waals surface area contributed by atoms with Crippen molar-refractivity contribution in [2.45, 2.75) is 31.6 Å². The second-order valence-electron chi connectivity index (χ2n) is 6.75. The molecule has 2 saturated heterocycles. The molecule has 1 aromatic rings. The number of likely N-dealkylation sites (tertiary alicyclic amines) is 1. The average molecular weight is 327 g/mol. The third-order valence-electron chi connectivity index (χ3n) is 5.12. The monoisotopic (exact) mass is 327 g/mol. The molecule has 0 saturated carbocycles. The number of ether oxygens (including phenoxy) is 2. The minimum Gasteiger partial charge on any atom is -0.465 e. The first-order valence-corrected chi connectivity index (χ1v) is 8.51. The van der Waals surface area contributed by atoms with Crippen LogP contribution in [-0.4, -0.2) is 41.6 Å². The Kier molecular flexibility index (Phi) is 3.68. The summed E-state index contributed by atoms with van der Waals surface area (Å²) in [5, 5.41) is 0. The smallest absolute Gasteiger partial charge is 0.312 e. The lowest BCUT2D eigenvalue weighted by Gasteiger charge is -2.22. The Hall–Kier alpha value is -2.14. The van der Waals surface area contributed by atoms with Gasteiger partial charge in [-0.1, -0.05) is 49.4 Å². The van der Waals surface area contributed by atoms with Gasteiger partial charge in [0.25, 0.3) is 0 Å². The van der Waals surface area contributed by atoms with Gasteiger partial charge in [0.05, 0.1) is 25.2 Å². The first-order chi connectivity index (χ1) is 11.6. The Bertz CT molecular complexity index is 686. The summed E-state index contributed by atoms with van der Waals surface area (Å²) < 4.78 is 11.4. The molecule has 2 bridgehead atoms. The molecule has 3 aliphatic heterocycles. The molecule has 4 atom stereocenters. The highest BCUT2D eigenvalue weighted by atomic mass is 16.6. The van der Waals surface area contributed by atoms with Gasteiger partial charge < -0.3 is 14.4 Å². The summed E-state index contributed by atoms with van der Waals surface area (Å²) in [6.45, 7) is 3.37. The summed E-state index contributed by atoms with van der Waals surface area (Å²) in [4.78, 5) is 27.2. The first-order valence-electron chi connectivity index (χ1n) is 8.51. The molecule has 0 unspecified atom stereocenters. The summed E-state index contributed by atoms with van der Waals surface area (Å²) in [5.74, 6) is -1.30. The molecule has 3 heterocycles. The fourth-order valence-corrected chi connectivity index (χ4v) is 4.08. The maximum atomic E-state index is 13.0. The fourth-order valence-electron chi connectivity index (χ4n) is 4.08. The SMILES string of the molecule is CCCOC(=O)[C@H]1[C@H]2C=C[C@@]3(CN(Cc4ccccc4)C(=O)[C@@H]13)O2. The fraction of sp³-hybridized carbons (Fsp3) is 0.474. The molecular weight excluding hydrogens is 306 g/mol. The summed E-state index contributed by atoms with van der Waals surface area (Å²) >= 11 is 0. The first kappa shape index (κ1) is 15.4. The van der Waals surface area contributed by atoms with E-state index in [-0.39, 0.29) is 18.0 Å². The van der Waals surface area contributed by atoms with Crippen LogP contribution in [0.4, 0.5) is 0 Å². The molecule has 2 fully saturated rings. The number of nitrogens with zero attached hydrogens (tertiary/aromatic N) is 1. The minimum absolute atomic E-state index is 0.0100.